The Bertz CT molecular complexity index is 536. The molecule has 0 aliphatic carbocycles. The van der Waals surface area contributed by atoms with Crippen LogP contribution < -0.4 is 5.32 Å². The summed E-state index contributed by atoms with van der Waals surface area (Å²) in [5.74, 6) is -0.496. The molecule has 88 valence electrons. The van der Waals surface area contributed by atoms with Crippen molar-refractivity contribution in [2.45, 2.75) is 6.54 Å². The fraction of sp³-hybridized carbons (Fsp3) is 0.182. The van der Waals surface area contributed by atoms with Crippen LogP contribution in [0, 0.1) is 0 Å². The summed E-state index contributed by atoms with van der Waals surface area (Å²) in [6.45, 7) is 0.559. The molecule has 0 bridgehead atoms. The third-order valence-electron chi connectivity index (χ3n) is 2.20. The molecular weight excluding hydrogens is 220 g/mol. The molecule has 0 saturated carbocycles. The quantitative estimate of drug-likeness (QED) is 0.825. The fourth-order valence-corrected chi connectivity index (χ4v) is 1.41. The molecule has 6 heteroatoms. The molecule has 0 atom stereocenters. The summed E-state index contributed by atoms with van der Waals surface area (Å²) in [7, 11) is 1.84. The van der Waals surface area contributed by atoms with Gasteiger partial charge in [-0.05, 0) is 12.1 Å². The number of nitrogens with zero attached hydrogens (tertiary/aromatic N) is 3. The van der Waals surface area contributed by atoms with E-state index in [2.05, 4.69) is 15.4 Å². The van der Waals surface area contributed by atoms with Gasteiger partial charge in [0.15, 0.2) is 5.69 Å². The molecule has 2 aromatic rings. The van der Waals surface area contributed by atoms with Gasteiger partial charge in [0.1, 0.15) is 5.82 Å². The Labute approximate surface area is 97.9 Å². The van der Waals surface area contributed by atoms with Gasteiger partial charge < -0.3 is 10.4 Å². The van der Waals surface area contributed by atoms with Crippen LogP contribution in [0.2, 0.25) is 0 Å². The molecule has 2 heterocycles. The first kappa shape index (κ1) is 11.1. The van der Waals surface area contributed by atoms with Crippen molar-refractivity contribution in [2.24, 2.45) is 7.05 Å². The Morgan fingerprint density at radius 1 is 1.53 bits per heavy atom. The zero-order valence-electron chi connectivity index (χ0n) is 9.29. The molecular formula is C11H12N4O2. The topological polar surface area (TPSA) is 80.0 Å². The Balaban J connectivity index is 2.04. The van der Waals surface area contributed by atoms with Gasteiger partial charge in [-0.2, -0.15) is 5.10 Å². The highest BCUT2D eigenvalue weighted by atomic mass is 16.4. The first-order valence-electron chi connectivity index (χ1n) is 5.07. The second-order valence-corrected chi connectivity index (χ2v) is 3.59. The van der Waals surface area contributed by atoms with Crippen LogP contribution in [-0.4, -0.2) is 25.8 Å². The van der Waals surface area contributed by atoms with Crippen LogP contribution in [0.1, 0.15) is 16.1 Å². The number of aromatic carboxylic acids is 1. The maximum absolute atomic E-state index is 10.7. The Morgan fingerprint density at radius 2 is 2.35 bits per heavy atom. The summed E-state index contributed by atoms with van der Waals surface area (Å²) >= 11 is 0. The molecule has 0 aliphatic rings. The van der Waals surface area contributed by atoms with E-state index in [1.165, 1.54) is 6.07 Å². The number of nitrogens with one attached hydrogen (secondary N) is 1. The molecule has 0 fully saturated rings. The average Bonchev–Trinajstić information content (AvgIpc) is 2.73. The van der Waals surface area contributed by atoms with E-state index < -0.39 is 5.97 Å². The van der Waals surface area contributed by atoms with E-state index in [0.29, 0.717) is 12.4 Å². The van der Waals surface area contributed by atoms with Crippen LogP contribution >= 0.6 is 0 Å². The van der Waals surface area contributed by atoms with Crippen molar-refractivity contribution in [2.75, 3.05) is 5.32 Å². The standard InChI is InChI=1S/C11H12N4O2/c1-15-7-8(6-13-15)5-12-10-4-2-3-9(14-10)11(16)17/h2-4,6-7H,5H2,1H3,(H,12,14)(H,16,17). The third-order valence-corrected chi connectivity index (χ3v) is 2.20. The van der Waals surface area contributed by atoms with Crippen molar-refractivity contribution >= 4 is 11.8 Å². The number of hydrogen-bond acceptors (Lipinski definition) is 4. The van der Waals surface area contributed by atoms with Crippen LogP contribution in [0.4, 0.5) is 5.82 Å². The lowest BCUT2D eigenvalue weighted by Gasteiger charge is -2.04. The normalized spacial score (nSPS) is 10.2. The molecule has 2 rings (SSSR count). The summed E-state index contributed by atoms with van der Waals surface area (Å²) in [5, 5.41) is 15.9. The highest BCUT2D eigenvalue weighted by molar-refractivity contribution is 5.85. The minimum Gasteiger partial charge on any atom is -0.477 e. The Kier molecular flexibility index (Phi) is 3.04. The molecule has 0 radical (unpaired) electrons. The minimum atomic E-state index is -1.03. The molecule has 2 N–H and O–H groups in total. The number of aromatic nitrogens is 3. The summed E-state index contributed by atoms with van der Waals surface area (Å²) in [4.78, 5) is 14.7. The van der Waals surface area contributed by atoms with Crippen LogP contribution in [0.25, 0.3) is 0 Å². The molecule has 0 amide bonds. The van der Waals surface area contributed by atoms with Crippen LogP contribution in [-0.2, 0) is 13.6 Å². The SMILES string of the molecule is Cn1cc(CNc2cccc(C(=O)O)n2)cn1. The number of anilines is 1. The largest absolute Gasteiger partial charge is 0.477 e. The first-order valence-corrected chi connectivity index (χ1v) is 5.07. The van der Waals surface area contributed by atoms with E-state index in [9.17, 15) is 4.79 Å². The molecule has 0 spiro atoms. The van der Waals surface area contributed by atoms with Gasteiger partial charge in [0, 0.05) is 25.4 Å². The van der Waals surface area contributed by atoms with Gasteiger partial charge in [0.05, 0.1) is 6.20 Å². The monoisotopic (exact) mass is 232 g/mol. The third kappa shape index (κ3) is 2.81. The smallest absolute Gasteiger partial charge is 0.354 e. The highest BCUT2D eigenvalue weighted by Crippen LogP contribution is 2.07. The second-order valence-electron chi connectivity index (χ2n) is 3.59. The fourth-order valence-electron chi connectivity index (χ4n) is 1.41. The van der Waals surface area contributed by atoms with Gasteiger partial charge in [-0.25, -0.2) is 9.78 Å². The molecule has 0 saturated heterocycles. The molecule has 6 nitrogen and oxygen atoms in total. The number of carbonyl (C=O) groups is 1. The van der Waals surface area contributed by atoms with E-state index in [0.717, 1.165) is 5.56 Å². The number of carboxylic acids is 1. The van der Waals surface area contributed by atoms with E-state index >= 15 is 0 Å². The Morgan fingerprint density at radius 3 is 3.00 bits per heavy atom. The molecule has 0 aromatic carbocycles. The van der Waals surface area contributed by atoms with Gasteiger partial charge in [-0.15, -0.1) is 0 Å². The molecule has 2 aromatic heterocycles. The van der Waals surface area contributed by atoms with Gasteiger partial charge in [0.25, 0.3) is 0 Å². The van der Waals surface area contributed by atoms with E-state index in [1.807, 2.05) is 13.2 Å². The minimum absolute atomic E-state index is 0.0289. The number of rotatable bonds is 4. The van der Waals surface area contributed by atoms with Gasteiger partial charge >= 0.3 is 5.97 Å². The zero-order chi connectivity index (χ0) is 12.3. The average molecular weight is 232 g/mol. The predicted octanol–water partition coefficient (Wildman–Crippen LogP) is 1.13. The van der Waals surface area contributed by atoms with Gasteiger partial charge in [0.2, 0.25) is 0 Å². The van der Waals surface area contributed by atoms with E-state index in [4.69, 9.17) is 5.11 Å². The van der Waals surface area contributed by atoms with Crippen molar-refractivity contribution in [1.29, 1.82) is 0 Å². The predicted molar refractivity (Wildman–Crippen MR) is 61.7 cm³/mol. The molecule has 0 unspecified atom stereocenters. The summed E-state index contributed by atoms with van der Waals surface area (Å²) in [6.07, 6.45) is 3.63. The first-order chi connectivity index (χ1) is 8.15. The Hall–Kier alpha value is -2.37. The maximum atomic E-state index is 10.7. The second kappa shape index (κ2) is 4.65. The van der Waals surface area contributed by atoms with E-state index in [-0.39, 0.29) is 5.69 Å². The zero-order valence-corrected chi connectivity index (χ0v) is 9.29. The van der Waals surface area contributed by atoms with Crippen molar-refractivity contribution in [3.8, 4) is 0 Å². The van der Waals surface area contributed by atoms with Crippen molar-refractivity contribution in [3.05, 3.63) is 41.9 Å². The lowest BCUT2D eigenvalue weighted by molar-refractivity contribution is 0.0690. The van der Waals surface area contributed by atoms with Gasteiger partial charge in [-0.3, -0.25) is 4.68 Å². The number of hydrogen-bond donors (Lipinski definition) is 2. The number of carboxylic acid groups (broad SMARTS) is 1. The maximum Gasteiger partial charge on any atom is 0.354 e. The molecule has 17 heavy (non-hydrogen) atoms. The summed E-state index contributed by atoms with van der Waals surface area (Å²) in [6, 6.07) is 4.84. The lowest BCUT2D eigenvalue weighted by Crippen LogP contribution is -2.05. The summed E-state index contributed by atoms with van der Waals surface area (Å²) in [5.41, 5.74) is 1.04. The lowest BCUT2D eigenvalue weighted by atomic mass is 10.3. The van der Waals surface area contributed by atoms with Crippen LogP contribution in [0.15, 0.2) is 30.6 Å². The van der Waals surface area contributed by atoms with Crippen LogP contribution in [0.5, 0.6) is 0 Å². The van der Waals surface area contributed by atoms with Crippen molar-refractivity contribution in [3.63, 3.8) is 0 Å². The summed E-state index contributed by atoms with van der Waals surface area (Å²) < 4.78 is 1.71. The van der Waals surface area contributed by atoms with Crippen molar-refractivity contribution in [1.82, 2.24) is 14.8 Å². The highest BCUT2D eigenvalue weighted by Gasteiger charge is 2.04. The van der Waals surface area contributed by atoms with Crippen LogP contribution in [0.3, 0.4) is 0 Å². The molecule has 0 aliphatic heterocycles. The van der Waals surface area contributed by atoms with Crippen molar-refractivity contribution < 1.29 is 9.90 Å². The number of aryl methyl sites for hydroxylation is 1. The van der Waals surface area contributed by atoms with E-state index in [1.54, 1.807) is 23.0 Å². The number of pyridine rings is 1. The van der Waals surface area contributed by atoms with Gasteiger partial charge in [-0.1, -0.05) is 6.07 Å².